The largest absolute Gasteiger partial charge is 0.442 e. The number of piperidine rings is 1. The number of hydrogen-bond donors (Lipinski definition) is 1. The predicted molar refractivity (Wildman–Crippen MR) is 71.5 cm³/mol. The van der Waals surface area contributed by atoms with Gasteiger partial charge in [-0.3, -0.25) is 4.79 Å². The van der Waals surface area contributed by atoms with Gasteiger partial charge in [0.25, 0.3) is 0 Å². The average molecular weight is 319 g/mol. The van der Waals surface area contributed by atoms with Crippen molar-refractivity contribution in [3.63, 3.8) is 0 Å². The summed E-state index contributed by atoms with van der Waals surface area (Å²) in [6.45, 7) is 0. The summed E-state index contributed by atoms with van der Waals surface area (Å²) in [5, 5.41) is 3.45. The molecule has 8 heteroatoms. The molecule has 2 aliphatic heterocycles. The number of nitrogens with one attached hydrogen (secondary N) is 1. The Morgan fingerprint density at radius 1 is 1.32 bits per heavy atom. The van der Waals surface area contributed by atoms with Crippen LogP contribution in [0.3, 0.4) is 0 Å². The summed E-state index contributed by atoms with van der Waals surface area (Å²) in [6.07, 6.45) is 3.94. The molecule has 2 fully saturated rings. The molecule has 0 radical (unpaired) electrons. The first-order valence-corrected chi connectivity index (χ1v) is 7.06. The quantitative estimate of drug-likeness (QED) is 0.867. The lowest BCUT2D eigenvalue weighted by atomic mass is 9.98. The number of rotatable bonds is 3. The van der Waals surface area contributed by atoms with E-state index in [4.69, 9.17) is 0 Å². The molecule has 2 unspecified atom stereocenters. The molecule has 1 amide bonds. The van der Waals surface area contributed by atoms with E-state index >= 15 is 0 Å². The van der Waals surface area contributed by atoms with Crippen molar-refractivity contribution in [3.8, 4) is 0 Å². The van der Waals surface area contributed by atoms with E-state index in [0.29, 0.717) is 12.1 Å². The van der Waals surface area contributed by atoms with E-state index in [1.807, 2.05) is 0 Å². The molecule has 2 atom stereocenters. The lowest BCUT2D eigenvalue weighted by molar-refractivity contribution is -0.130. The van der Waals surface area contributed by atoms with Crippen LogP contribution in [0.15, 0.2) is 0 Å². The molecule has 3 nitrogen and oxygen atoms in total. The van der Waals surface area contributed by atoms with Gasteiger partial charge in [-0.15, -0.1) is 12.4 Å². The first kappa shape index (κ1) is 16.9. The van der Waals surface area contributed by atoms with Crippen molar-refractivity contribution in [1.29, 1.82) is 0 Å². The third-order valence-corrected chi connectivity index (χ3v) is 4.47. The van der Waals surface area contributed by atoms with Crippen molar-refractivity contribution in [2.75, 3.05) is 12.8 Å². The number of carbonyl (C=O) groups excluding carboxylic acids is 1. The van der Waals surface area contributed by atoms with Gasteiger partial charge >= 0.3 is 5.51 Å². The maximum absolute atomic E-state index is 12.0. The minimum absolute atomic E-state index is 0. The van der Waals surface area contributed by atoms with Gasteiger partial charge in [-0.25, -0.2) is 0 Å². The van der Waals surface area contributed by atoms with Crippen molar-refractivity contribution in [2.24, 2.45) is 0 Å². The Labute approximate surface area is 121 Å². The smallest absolute Gasteiger partial charge is 0.342 e. The topological polar surface area (TPSA) is 32.3 Å². The van der Waals surface area contributed by atoms with E-state index in [0.717, 1.165) is 25.7 Å². The van der Waals surface area contributed by atoms with Crippen molar-refractivity contribution in [1.82, 2.24) is 10.2 Å². The predicted octanol–water partition coefficient (Wildman–Crippen LogP) is 2.40. The Hall–Kier alpha value is -0.140. The first-order chi connectivity index (χ1) is 8.35. The fourth-order valence-corrected chi connectivity index (χ4v) is 3.28. The Balaban J connectivity index is 0.00000180. The molecule has 2 bridgehead atoms. The fourth-order valence-electron chi connectivity index (χ4n) is 2.79. The summed E-state index contributed by atoms with van der Waals surface area (Å²) >= 11 is -0.256. The first-order valence-electron chi connectivity index (χ1n) is 6.07. The van der Waals surface area contributed by atoms with Gasteiger partial charge in [0.15, 0.2) is 0 Å². The van der Waals surface area contributed by atoms with Gasteiger partial charge < -0.3 is 10.2 Å². The molecule has 2 heterocycles. The molecule has 2 saturated heterocycles. The molecular weight excluding hydrogens is 301 g/mol. The molecule has 0 aromatic heterocycles. The van der Waals surface area contributed by atoms with Crippen LogP contribution in [0, 0.1) is 0 Å². The van der Waals surface area contributed by atoms with Gasteiger partial charge in [-0.2, -0.15) is 13.2 Å². The lowest BCUT2D eigenvalue weighted by Gasteiger charge is -2.35. The molecule has 112 valence electrons. The number of carbonyl (C=O) groups is 1. The molecule has 0 aromatic carbocycles. The summed E-state index contributed by atoms with van der Waals surface area (Å²) in [7, 11) is 1.62. The molecule has 2 aliphatic rings. The van der Waals surface area contributed by atoms with E-state index in [9.17, 15) is 18.0 Å². The second kappa shape index (κ2) is 6.54. The Bertz CT molecular complexity index is 318. The van der Waals surface area contributed by atoms with Crippen LogP contribution >= 0.6 is 24.2 Å². The molecule has 0 saturated carbocycles. The molecular formula is C11H18ClF3N2OS. The van der Waals surface area contributed by atoms with Crippen LogP contribution in [0.4, 0.5) is 13.2 Å². The zero-order valence-electron chi connectivity index (χ0n) is 10.6. The summed E-state index contributed by atoms with van der Waals surface area (Å²) in [5.74, 6) is -0.942. The number of halogens is 4. The summed E-state index contributed by atoms with van der Waals surface area (Å²) in [4.78, 5) is 13.2. The van der Waals surface area contributed by atoms with Crippen LogP contribution < -0.4 is 5.32 Å². The highest BCUT2D eigenvalue weighted by Crippen LogP contribution is 2.32. The highest BCUT2D eigenvalue weighted by Gasteiger charge is 2.37. The third kappa shape index (κ3) is 4.72. The second-order valence-electron chi connectivity index (χ2n) is 5.00. The minimum atomic E-state index is -4.33. The summed E-state index contributed by atoms with van der Waals surface area (Å²) in [5.41, 5.74) is -4.33. The molecule has 0 aliphatic carbocycles. The second-order valence-corrected chi connectivity index (χ2v) is 6.04. The van der Waals surface area contributed by atoms with Crippen LogP contribution in [-0.4, -0.2) is 47.2 Å². The van der Waals surface area contributed by atoms with E-state index < -0.39 is 17.2 Å². The standard InChI is InChI=1S/C11H17F3N2OS.ClH/c1-16(10(17)6-18-11(12,13)14)9-4-7-2-3-8(5-9)15-7;/h7-9,15H,2-6H2,1H3;1H. The van der Waals surface area contributed by atoms with Crippen LogP contribution in [0.25, 0.3) is 0 Å². The van der Waals surface area contributed by atoms with E-state index in [1.54, 1.807) is 7.05 Å². The van der Waals surface area contributed by atoms with Crippen LogP contribution in [0.1, 0.15) is 25.7 Å². The number of hydrogen-bond acceptors (Lipinski definition) is 3. The molecule has 0 aromatic rings. The van der Waals surface area contributed by atoms with Gasteiger partial charge in [-0.1, -0.05) is 0 Å². The Kier molecular flexibility index (Phi) is 5.82. The highest BCUT2D eigenvalue weighted by atomic mass is 35.5. The number of nitrogens with zero attached hydrogens (tertiary/aromatic N) is 1. The van der Waals surface area contributed by atoms with Crippen LogP contribution in [0.5, 0.6) is 0 Å². The average Bonchev–Trinajstić information content (AvgIpc) is 2.63. The van der Waals surface area contributed by atoms with Crippen molar-refractivity contribution in [2.45, 2.75) is 49.3 Å². The lowest BCUT2D eigenvalue weighted by Crippen LogP contribution is -2.49. The number of alkyl halides is 3. The van der Waals surface area contributed by atoms with Gasteiger partial charge in [0.2, 0.25) is 5.91 Å². The molecule has 0 spiro atoms. The SMILES string of the molecule is CN(C(=O)CSC(F)(F)F)C1CC2CCC(C1)N2.Cl. The maximum Gasteiger partial charge on any atom is 0.442 e. The zero-order chi connectivity index (χ0) is 13.3. The van der Waals surface area contributed by atoms with Crippen molar-refractivity contribution >= 4 is 30.1 Å². The fraction of sp³-hybridized carbons (Fsp3) is 0.909. The van der Waals surface area contributed by atoms with Gasteiger partial charge in [-0.05, 0) is 37.4 Å². The van der Waals surface area contributed by atoms with Crippen molar-refractivity contribution in [3.05, 3.63) is 0 Å². The zero-order valence-corrected chi connectivity index (χ0v) is 12.2. The van der Waals surface area contributed by atoms with E-state index in [1.165, 1.54) is 4.90 Å². The van der Waals surface area contributed by atoms with Gasteiger partial charge in [0, 0.05) is 25.2 Å². The number of thioether (sulfide) groups is 1. The maximum atomic E-state index is 12.0. The minimum Gasteiger partial charge on any atom is -0.342 e. The van der Waals surface area contributed by atoms with Crippen LogP contribution in [-0.2, 0) is 4.79 Å². The molecule has 1 N–H and O–H groups in total. The number of fused-ring (bicyclic) bond motifs is 2. The van der Waals surface area contributed by atoms with Gasteiger partial charge in [0.05, 0.1) is 5.75 Å². The van der Waals surface area contributed by atoms with Crippen molar-refractivity contribution < 1.29 is 18.0 Å². The van der Waals surface area contributed by atoms with Gasteiger partial charge in [0.1, 0.15) is 0 Å². The van der Waals surface area contributed by atoms with Crippen LogP contribution in [0.2, 0.25) is 0 Å². The third-order valence-electron chi connectivity index (χ3n) is 3.75. The molecule has 2 rings (SSSR count). The monoisotopic (exact) mass is 318 g/mol. The Morgan fingerprint density at radius 3 is 2.32 bits per heavy atom. The molecule has 19 heavy (non-hydrogen) atoms. The Morgan fingerprint density at radius 2 is 1.84 bits per heavy atom. The van der Waals surface area contributed by atoms with E-state index in [-0.39, 0.29) is 30.2 Å². The highest BCUT2D eigenvalue weighted by molar-refractivity contribution is 8.00. The summed E-state index contributed by atoms with van der Waals surface area (Å²) < 4.78 is 36.1. The normalized spacial score (nSPS) is 29.8. The summed E-state index contributed by atoms with van der Waals surface area (Å²) in [6, 6.07) is 0.948. The number of amides is 1. The van der Waals surface area contributed by atoms with E-state index in [2.05, 4.69) is 5.32 Å².